The maximum Gasteiger partial charge on any atom is 0.233 e. The first kappa shape index (κ1) is 16.6. The van der Waals surface area contributed by atoms with E-state index in [-0.39, 0.29) is 22.6 Å². The third kappa shape index (κ3) is 2.33. The number of para-hydroxylation sites is 1. The fourth-order valence-corrected chi connectivity index (χ4v) is 5.28. The van der Waals surface area contributed by atoms with Gasteiger partial charge in [0.1, 0.15) is 5.82 Å². The van der Waals surface area contributed by atoms with E-state index in [0.717, 1.165) is 24.8 Å². The number of piperazine rings is 1. The highest BCUT2D eigenvalue weighted by Gasteiger charge is 2.61. The molecule has 0 radical (unpaired) electrons. The van der Waals surface area contributed by atoms with Crippen molar-refractivity contribution >= 4 is 11.6 Å². The quantitative estimate of drug-likeness (QED) is 0.762. The first-order chi connectivity index (χ1) is 11.9. The van der Waals surface area contributed by atoms with Gasteiger partial charge in [0.15, 0.2) is 0 Å². The van der Waals surface area contributed by atoms with E-state index in [0.29, 0.717) is 37.8 Å². The molecule has 0 spiro atoms. The van der Waals surface area contributed by atoms with Gasteiger partial charge in [-0.1, -0.05) is 38.1 Å². The fraction of sp³-hybridized carbons (Fsp3) is 0.571. The van der Waals surface area contributed by atoms with Crippen LogP contribution in [0.4, 0.5) is 10.1 Å². The Bertz CT molecular complexity index is 720. The summed E-state index contributed by atoms with van der Waals surface area (Å²) in [7, 11) is 0. The minimum absolute atomic E-state index is 0.0723. The minimum Gasteiger partial charge on any atom is -0.366 e. The second-order valence-electron chi connectivity index (χ2n) is 8.45. The highest BCUT2D eigenvalue weighted by molar-refractivity contribution is 5.88. The molecule has 2 bridgehead atoms. The summed E-state index contributed by atoms with van der Waals surface area (Å²) in [6, 6.07) is 6.88. The predicted molar refractivity (Wildman–Crippen MR) is 97.9 cm³/mol. The standard InChI is InChI=1S/C21H27FN2O/c1-15-20(2,3)16-8-9-21(15,14-16)19(25)24-12-10-23(11-13-24)18-7-5-4-6-17(18)22/h4-7,16H,1,8-14H2,2-3H3/t16-,21-/m0/s1. The lowest BCUT2D eigenvalue weighted by molar-refractivity contribution is -0.140. The zero-order chi connectivity index (χ0) is 17.8. The number of benzene rings is 1. The van der Waals surface area contributed by atoms with Crippen molar-refractivity contribution in [2.75, 3.05) is 31.1 Å². The van der Waals surface area contributed by atoms with Crippen LogP contribution in [0.3, 0.4) is 0 Å². The van der Waals surface area contributed by atoms with Crippen molar-refractivity contribution in [1.29, 1.82) is 0 Å². The van der Waals surface area contributed by atoms with Crippen LogP contribution >= 0.6 is 0 Å². The Kier molecular flexibility index (Phi) is 3.71. The second-order valence-corrected chi connectivity index (χ2v) is 8.45. The molecule has 1 aliphatic heterocycles. The number of amides is 1. The maximum atomic E-state index is 14.0. The van der Waals surface area contributed by atoms with Gasteiger partial charge in [0, 0.05) is 26.2 Å². The van der Waals surface area contributed by atoms with E-state index in [1.807, 2.05) is 21.9 Å². The highest BCUT2D eigenvalue weighted by atomic mass is 19.1. The van der Waals surface area contributed by atoms with Crippen LogP contribution in [-0.4, -0.2) is 37.0 Å². The lowest BCUT2D eigenvalue weighted by atomic mass is 9.68. The van der Waals surface area contributed by atoms with Crippen LogP contribution in [0.5, 0.6) is 0 Å². The van der Waals surface area contributed by atoms with Crippen molar-refractivity contribution in [3.05, 3.63) is 42.2 Å². The normalized spacial score (nSPS) is 30.8. The van der Waals surface area contributed by atoms with Crippen molar-refractivity contribution < 1.29 is 9.18 Å². The molecule has 2 atom stereocenters. The fourth-order valence-electron chi connectivity index (χ4n) is 5.28. The monoisotopic (exact) mass is 342 g/mol. The highest BCUT2D eigenvalue weighted by Crippen LogP contribution is 2.65. The molecule has 4 rings (SSSR count). The average Bonchev–Trinajstić information content (AvgIpc) is 3.14. The summed E-state index contributed by atoms with van der Waals surface area (Å²) in [6.45, 7) is 11.5. The first-order valence-electron chi connectivity index (χ1n) is 9.35. The van der Waals surface area contributed by atoms with Gasteiger partial charge in [-0.15, -0.1) is 0 Å². The molecular formula is C21H27FN2O. The lowest BCUT2D eigenvalue weighted by Gasteiger charge is -2.42. The molecule has 1 aromatic carbocycles. The van der Waals surface area contributed by atoms with E-state index >= 15 is 0 Å². The molecule has 0 aromatic heterocycles. The van der Waals surface area contributed by atoms with E-state index in [1.54, 1.807) is 6.07 Å². The minimum atomic E-state index is -0.339. The van der Waals surface area contributed by atoms with Gasteiger partial charge in [-0.3, -0.25) is 4.79 Å². The van der Waals surface area contributed by atoms with E-state index in [9.17, 15) is 9.18 Å². The second kappa shape index (κ2) is 5.58. The molecule has 0 unspecified atom stereocenters. The number of anilines is 1. The van der Waals surface area contributed by atoms with Gasteiger partial charge >= 0.3 is 0 Å². The van der Waals surface area contributed by atoms with Crippen molar-refractivity contribution in [3.63, 3.8) is 0 Å². The van der Waals surface area contributed by atoms with Gasteiger partial charge < -0.3 is 9.80 Å². The Morgan fingerprint density at radius 2 is 1.88 bits per heavy atom. The summed E-state index contributed by atoms with van der Waals surface area (Å²) in [5.41, 5.74) is 1.51. The largest absolute Gasteiger partial charge is 0.366 e. The van der Waals surface area contributed by atoms with Gasteiger partial charge in [0.25, 0.3) is 0 Å². The summed E-state index contributed by atoms with van der Waals surface area (Å²) in [4.78, 5) is 17.4. The molecule has 25 heavy (non-hydrogen) atoms. The molecule has 1 aromatic rings. The molecule has 1 amide bonds. The number of carbonyl (C=O) groups excluding carboxylic acids is 1. The molecule has 1 heterocycles. The Hall–Kier alpha value is -1.84. The van der Waals surface area contributed by atoms with Crippen LogP contribution in [0.25, 0.3) is 0 Å². The summed E-state index contributed by atoms with van der Waals surface area (Å²) in [5, 5.41) is 0. The molecule has 2 saturated carbocycles. The van der Waals surface area contributed by atoms with Gasteiger partial charge in [-0.05, 0) is 42.7 Å². The molecular weight excluding hydrogens is 315 g/mol. The Labute approximate surface area is 149 Å². The van der Waals surface area contributed by atoms with Crippen molar-refractivity contribution in [2.45, 2.75) is 33.1 Å². The summed E-state index contributed by atoms with van der Waals surface area (Å²) >= 11 is 0. The number of carbonyl (C=O) groups is 1. The number of nitrogens with zero attached hydrogens (tertiary/aromatic N) is 2. The zero-order valence-corrected chi connectivity index (χ0v) is 15.2. The Balaban J connectivity index is 1.48. The average molecular weight is 342 g/mol. The third-order valence-electron chi connectivity index (χ3n) is 7.06. The van der Waals surface area contributed by atoms with Gasteiger partial charge in [0.2, 0.25) is 5.91 Å². The molecule has 3 fully saturated rings. The smallest absolute Gasteiger partial charge is 0.233 e. The van der Waals surface area contributed by atoms with Crippen LogP contribution in [0, 0.1) is 22.6 Å². The molecule has 3 aliphatic rings. The number of rotatable bonds is 2. The number of halogens is 1. The molecule has 2 aliphatic carbocycles. The van der Waals surface area contributed by atoms with Crippen LogP contribution < -0.4 is 4.90 Å². The van der Waals surface area contributed by atoms with Gasteiger partial charge in [0.05, 0.1) is 11.1 Å². The number of hydrogen-bond acceptors (Lipinski definition) is 2. The molecule has 1 saturated heterocycles. The maximum absolute atomic E-state index is 14.0. The first-order valence-corrected chi connectivity index (χ1v) is 9.35. The van der Waals surface area contributed by atoms with E-state index in [2.05, 4.69) is 20.4 Å². The van der Waals surface area contributed by atoms with Crippen LogP contribution in [-0.2, 0) is 4.79 Å². The molecule has 134 valence electrons. The van der Waals surface area contributed by atoms with Gasteiger partial charge in [-0.25, -0.2) is 4.39 Å². The Morgan fingerprint density at radius 1 is 1.20 bits per heavy atom. The van der Waals surface area contributed by atoms with Crippen molar-refractivity contribution in [1.82, 2.24) is 4.90 Å². The van der Waals surface area contributed by atoms with Crippen molar-refractivity contribution in [2.24, 2.45) is 16.7 Å². The van der Waals surface area contributed by atoms with E-state index < -0.39 is 0 Å². The van der Waals surface area contributed by atoms with E-state index in [1.165, 1.54) is 6.07 Å². The number of fused-ring (bicyclic) bond motifs is 2. The zero-order valence-electron chi connectivity index (χ0n) is 15.2. The van der Waals surface area contributed by atoms with Gasteiger partial charge in [-0.2, -0.15) is 0 Å². The van der Waals surface area contributed by atoms with Crippen LogP contribution in [0.1, 0.15) is 33.1 Å². The van der Waals surface area contributed by atoms with Crippen LogP contribution in [0.2, 0.25) is 0 Å². The predicted octanol–water partition coefficient (Wildman–Crippen LogP) is 3.86. The molecule has 4 heteroatoms. The third-order valence-corrected chi connectivity index (χ3v) is 7.06. The van der Waals surface area contributed by atoms with Crippen molar-refractivity contribution in [3.8, 4) is 0 Å². The summed E-state index contributed by atoms with van der Waals surface area (Å²) < 4.78 is 14.0. The van der Waals surface area contributed by atoms with Crippen LogP contribution in [0.15, 0.2) is 36.4 Å². The SMILES string of the molecule is C=C1C(C)(C)[C@H]2CC[C@]1(C(=O)N1CCN(c3ccccc3F)CC1)C2. The van der Waals surface area contributed by atoms with E-state index in [4.69, 9.17) is 0 Å². The number of hydrogen-bond donors (Lipinski definition) is 0. The lowest BCUT2D eigenvalue weighted by Crippen LogP contribution is -2.53. The summed E-state index contributed by atoms with van der Waals surface area (Å²) in [6.07, 6.45) is 3.05. The topological polar surface area (TPSA) is 23.6 Å². The Morgan fingerprint density at radius 3 is 2.48 bits per heavy atom. The molecule has 3 nitrogen and oxygen atoms in total. The molecule has 0 N–H and O–H groups in total. The summed E-state index contributed by atoms with van der Waals surface area (Å²) in [5.74, 6) is 0.660.